The van der Waals surface area contributed by atoms with E-state index in [1.807, 2.05) is 96.1 Å². The molecular formula is C28H28N4O2. The van der Waals surface area contributed by atoms with E-state index in [0.29, 0.717) is 13.0 Å². The zero-order valence-electron chi connectivity index (χ0n) is 19.7. The van der Waals surface area contributed by atoms with Gasteiger partial charge >= 0.3 is 0 Å². The molecule has 0 N–H and O–H groups in total. The van der Waals surface area contributed by atoms with Gasteiger partial charge < -0.3 is 14.4 Å². The first-order valence-corrected chi connectivity index (χ1v) is 11.6. The van der Waals surface area contributed by atoms with Crippen molar-refractivity contribution in [3.8, 4) is 0 Å². The Bertz CT molecular complexity index is 1360. The number of aromatic nitrogens is 2. The van der Waals surface area contributed by atoms with Gasteiger partial charge in [0.25, 0.3) is 0 Å². The average Bonchev–Trinajstić information content (AvgIpc) is 3.39. The number of carbonyl (C=O) groups excluding carboxylic acids is 2. The highest BCUT2D eigenvalue weighted by Crippen LogP contribution is 2.36. The minimum Gasteiger partial charge on any atom is -0.318 e. The van der Waals surface area contributed by atoms with E-state index in [0.717, 1.165) is 39.4 Å². The van der Waals surface area contributed by atoms with Gasteiger partial charge in [-0.05, 0) is 49.2 Å². The van der Waals surface area contributed by atoms with E-state index in [1.165, 1.54) is 0 Å². The zero-order chi connectivity index (χ0) is 23.8. The molecule has 0 saturated carbocycles. The second-order valence-electron chi connectivity index (χ2n) is 8.98. The van der Waals surface area contributed by atoms with Crippen LogP contribution in [0.1, 0.15) is 29.3 Å². The predicted octanol–water partition coefficient (Wildman–Crippen LogP) is 4.84. The van der Waals surface area contributed by atoms with E-state index >= 15 is 0 Å². The Kier molecular flexibility index (Phi) is 5.65. The zero-order valence-corrected chi connectivity index (χ0v) is 19.7. The van der Waals surface area contributed by atoms with Gasteiger partial charge in [0, 0.05) is 37.3 Å². The number of anilines is 2. The number of imidazole rings is 1. The van der Waals surface area contributed by atoms with E-state index < -0.39 is 0 Å². The summed E-state index contributed by atoms with van der Waals surface area (Å²) in [7, 11) is 1.79. The van der Waals surface area contributed by atoms with Gasteiger partial charge in [-0.2, -0.15) is 0 Å². The van der Waals surface area contributed by atoms with Crippen molar-refractivity contribution in [1.29, 1.82) is 0 Å². The van der Waals surface area contributed by atoms with E-state index in [2.05, 4.69) is 0 Å². The van der Waals surface area contributed by atoms with Gasteiger partial charge in [0.05, 0.1) is 11.0 Å². The number of likely N-dealkylation sites (N-methyl/N-ethyl adjacent to an activating group) is 1. The number of aryl methyl sites for hydroxylation is 2. The third kappa shape index (κ3) is 3.85. The number of hydrogen-bond acceptors (Lipinski definition) is 3. The number of hydrogen-bond donors (Lipinski definition) is 0. The Morgan fingerprint density at radius 1 is 0.971 bits per heavy atom. The molecule has 6 nitrogen and oxygen atoms in total. The summed E-state index contributed by atoms with van der Waals surface area (Å²) in [4.78, 5) is 34.8. The van der Waals surface area contributed by atoms with E-state index in [-0.39, 0.29) is 24.3 Å². The van der Waals surface area contributed by atoms with Gasteiger partial charge in [-0.3, -0.25) is 9.59 Å². The van der Waals surface area contributed by atoms with E-state index in [1.54, 1.807) is 11.9 Å². The molecule has 1 unspecified atom stereocenters. The first-order chi connectivity index (χ1) is 16.4. The van der Waals surface area contributed by atoms with Crippen LogP contribution in [0.3, 0.4) is 0 Å². The highest BCUT2D eigenvalue weighted by atomic mass is 16.2. The lowest BCUT2D eigenvalue weighted by atomic mass is 10.1. The van der Waals surface area contributed by atoms with Crippen LogP contribution in [-0.2, 0) is 16.1 Å². The molecule has 0 spiro atoms. The summed E-state index contributed by atoms with van der Waals surface area (Å²) in [6.07, 6.45) is 0.375. The Hall–Kier alpha value is -3.93. The van der Waals surface area contributed by atoms with Crippen LogP contribution in [0, 0.1) is 13.8 Å². The lowest BCUT2D eigenvalue weighted by Crippen LogP contribution is -2.31. The Morgan fingerprint density at radius 3 is 2.38 bits per heavy atom. The highest BCUT2D eigenvalue weighted by Gasteiger charge is 2.36. The van der Waals surface area contributed by atoms with Crippen molar-refractivity contribution in [2.24, 2.45) is 0 Å². The molecule has 3 aromatic carbocycles. The molecule has 1 aliphatic heterocycles. The lowest BCUT2D eigenvalue weighted by Gasteiger charge is -2.22. The summed E-state index contributed by atoms with van der Waals surface area (Å²) in [5.41, 5.74) is 5.74. The van der Waals surface area contributed by atoms with Crippen molar-refractivity contribution >= 4 is 34.2 Å². The summed E-state index contributed by atoms with van der Waals surface area (Å²) in [6.45, 7) is 4.79. The summed E-state index contributed by atoms with van der Waals surface area (Å²) >= 11 is 0. The SMILES string of the molecule is Cc1cccc(C)c1N1CC(c2nc3ccccc3n2CC(=O)N(C)c2ccccc2)CC1=O. The number of amides is 2. The normalized spacial score (nSPS) is 15.8. The monoisotopic (exact) mass is 452 g/mol. The van der Waals surface area contributed by atoms with Crippen LogP contribution in [0.25, 0.3) is 11.0 Å². The number of para-hydroxylation sites is 4. The minimum absolute atomic E-state index is 0.0356. The molecule has 172 valence electrons. The summed E-state index contributed by atoms with van der Waals surface area (Å²) in [5, 5.41) is 0. The maximum Gasteiger partial charge on any atom is 0.246 e. The van der Waals surface area contributed by atoms with Crippen molar-refractivity contribution in [2.45, 2.75) is 32.7 Å². The number of nitrogens with zero attached hydrogens (tertiary/aromatic N) is 4. The molecule has 0 aliphatic carbocycles. The number of rotatable bonds is 5. The molecule has 1 aliphatic rings. The molecule has 1 saturated heterocycles. The summed E-state index contributed by atoms with van der Waals surface area (Å²) in [6, 6.07) is 23.6. The van der Waals surface area contributed by atoms with Crippen LogP contribution in [0.4, 0.5) is 11.4 Å². The molecule has 2 amide bonds. The number of carbonyl (C=O) groups is 2. The molecule has 0 radical (unpaired) electrons. The lowest BCUT2D eigenvalue weighted by molar-refractivity contribution is -0.119. The van der Waals surface area contributed by atoms with E-state index in [4.69, 9.17) is 4.98 Å². The number of fused-ring (bicyclic) bond motifs is 1. The van der Waals surface area contributed by atoms with Crippen LogP contribution in [0.15, 0.2) is 72.8 Å². The second-order valence-corrected chi connectivity index (χ2v) is 8.98. The van der Waals surface area contributed by atoms with Crippen molar-refractivity contribution < 1.29 is 9.59 Å². The van der Waals surface area contributed by atoms with Crippen LogP contribution in [-0.4, -0.2) is 35.0 Å². The van der Waals surface area contributed by atoms with Crippen molar-refractivity contribution in [2.75, 3.05) is 23.4 Å². The number of benzene rings is 3. The smallest absolute Gasteiger partial charge is 0.246 e. The van der Waals surface area contributed by atoms with Crippen molar-refractivity contribution in [1.82, 2.24) is 9.55 Å². The predicted molar refractivity (Wildman–Crippen MR) is 135 cm³/mol. The molecule has 0 bridgehead atoms. The molecule has 1 fully saturated rings. The van der Waals surface area contributed by atoms with Gasteiger partial charge in [-0.25, -0.2) is 4.98 Å². The van der Waals surface area contributed by atoms with Crippen molar-refractivity contribution in [3.63, 3.8) is 0 Å². The van der Waals surface area contributed by atoms with Crippen LogP contribution in [0.5, 0.6) is 0 Å². The Morgan fingerprint density at radius 2 is 1.65 bits per heavy atom. The van der Waals surface area contributed by atoms with E-state index in [9.17, 15) is 9.59 Å². The van der Waals surface area contributed by atoms with Crippen LogP contribution >= 0.6 is 0 Å². The molecule has 1 atom stereocenters. The van der Waals surface area contributed by atoms with Gasteiger partial charge in [0.2, 0.25) is 11.8 Å². The van der Waals surface area contributed by atoms with Gasteiger partial charge in [-0.1, -0.05) is 48.5 Å². The topological polar surface area (TPSA) is 58.4 Å². The maximum atomic E-state index is 13.3. The fraction of sp³-hybridized carbons (Fsp3) is 0.250. The average molecular weight is 453 g/mol. The van der Waals surface area contributed by atoms with Gasteiger partial charge in [-0.15, -0.1) is 0 Å². The third-order valence-corrected chi connectivity index (χ3v) is 6.69. The fourth-order valence-corrected chi connectivity index (χ4v) is 4.94. The second kappa shape index (κ2) is 8.78. The molecule has 2 heterocycles. The van der Waals surface area contributed by atoms with Gasteiger partial charge in [0.1, 0.15) is 12.4 Å². The van der Waals surface area contributed by atoms with Crippen LogP contribution < -0.4 is 9.80 Å². The first kappa shape index (κ1) is 21.9. The Balaban J connectivity index is 1.49. The molecule has 34 heavy (non-hydrogen) atoms. The minimum atomic E-state index is -0.0891. The standard InChI is InChI=1S/C28H28N4O2/c1-19-10-9-11-20(2)27(19)32-17-21(16-25(32)33)28-29-23-14-7-8-15-24(23)31(28)18-26(34)30(3)22-12-5-4-6-13-22/h4-15,21H,16-18H2,1-3H3. The molecule has 1 aromatic heterocycles. The largest absolute Gasteiger partial charge is 0.318 e. The molecule has 6 heteroatoms. The molecule has 5 rings (SSSR count). The Labute approximate surface area is 199 Å². The molecular weight excluding hydrogens is 424 g/mol. The molecule has 4 aromatic rings. The fourth-order valence-electron chi connectivity index (χ4n) is 4.94. The van der Waals surface area contributed by atoms with Crippen LogP contribution in [0.2, 0.25) is 0 Å². The maximum absolute atomic E-state index is 13.3. The highest BCUT2D eigenvalue weighted by molar-refractivity contribution is 5.98. The van der Waals surface area contributed by atoms with Crippen molar-refractivity contribution in [3.05, 3.63) is 89.7 Å². The third-order valence-electron chi connectivity index (χ3n) is 6.69. The first-order valence-electron chi connectivity index (χ1n) is 11.6. The quantitative estimate of drug-likeness (QED) is 0.436. The van der Waals surface area contributed by atoms with Gasteiger partial charge in [0.15, 0.2) is 0 Å². The summed E-state index contributed by atoms with van der Waals surface area (Å²) in [5.74, 6) is 0.757. The summed E-state index contributed by atoms with van der Waals surface area (Å²) < 4.78 is 1.99.